The van der Waals surface area contributed by atoms with Crippen LogP contribution in [0.1, 0.15) is 43.2 Å². The van der Waals surface area contributed by atoms with E-state index in [4.69, 9.17) is 0 Å². The van der Waals surface area contributed by atoms with Crippen molar-refractivity contribution in [2.24, 2.45) is 5.92 Å². The number of nitrogens with one attached hydrogen (secondary N) is 1. The normalized spacial score (nSPS) is 16.7. The molecule has 0 aliphatic heterocycles. The molecule has 0 heterocycles. The van der Waals surface area contributed by atoms with Gasteiger partial charge in [-0.15, -0.1) is 0 Å². The molecule has 1 fully saturated rings. The van der Waals surface area contributed by atoms with Crippen molar-refractivity contribution in [1.29, 1.82) is 0 Å². The number of hydrogen-bond donors (Lipinski definition) is 1. The van der Waals surface area contributed by atoms with Crippen molar-refractivity contribution in [2.45, 2.75) is 38.1 Å². The summed E-state index contributed by atoms with van der Waals surface area (Å²) in [5.41, 5.74) is 2.80. The molecule has 0 bridgehead atoms. The Morgan fingerprint density at radius 2 is 1.43 bits per heavy atom. The fourth-order valence-corrected chi connectivity index (χ4v) is 3.21. The van der Waals surface area contributed by atoms with E-state index in [9.17, 15) is 0 Å². The Morgan fingerprint density at radius 1 is 0.905 bits per heavy atom. The van der Waals surface area contributed by atoms with E-state index < -0.39 is 0 Å². The van der Waals surface area contributed by atoms with Crippen molar-refractivity contribution in [3.8, 4) is 0 Å². The van der Waals surface area contributed by atoms with Crippen LogP contribution in [-0.2, 0) is 0 Å². The van der Waals surface area contributed by atoms with Crippen molar-refractivity contribution < 1.29 is 0 Å². The second kappa shape index (κ2) is 6.91. The van der Waals surface area contributed by atoms with Crippen molar-refractivity contribution in [3.63, 3.8) is 0 Å². The summed E-state index contributed by atoms with van der Waals surface area (Å²) in [5, 5.41) is 3.78. The molecule has 1 aliphatic rings. The highest BCUT2D eigenvalue weighted by Gasteiger charge is 2.24. The van der Waals surface area contributed by atoms with E-state index in [2.05, 4.69) is 72.9 Å². The first-order valence-electron chi connectivity index (χ1n) is 8.18. The second-order valence-corrected chi connectivity index (χ2v) is 6.26. The number of rotatable bonds is 6. The number of hydrogen-bond acceptors (Lipinski definition) is 1. The molecule has 1 heteroatoms. The van der Waals surface area contributed by atoms with Crippen LogP contribution in [-0.4, -0.2) is 12.6 Å². The second-order valence-electron chi connectivity index (χ2n) is 6.26. The van der Waals surface area contributed by atoms with Gasteiger partial charge in [0.25, 0.3) is 0 Å². The third-order valence-electron chi connectivity index (χ3n) is 4.90. The van der Waals surface area contributed by atoms with E-state index >= 15 is 0 Å². The highest BCUT2D eigenvalue weighted by Crippen LogP contribution is 2.30. The molecule has 2 aromatic rings. The molecule has 1 atom stereocenters. The molecular weight excluding hydrogens is 254 g/mol. The van der Waals surface area contributed by atoms with Gasteiger partial charge in [0.15, 0.2) is 0 Å². The van der Waals surface area contributed by atoms with E-state index in [1.165, 1.54) is 30.4 Å². The molecule has 1 aliphatic carbocycles. The highest BCUT2D eigenvalue weighted by molar-refractivity contribution is 5.32. The Morgan fingerprint density at radius 3 is 1.86 bits per heavy atom. The monoisotopic (exact) mass is 279 g/mol. The predicted molar refractivity (Wildman–Crippen MR) is 89.5 cm³/mol. The lowest BCUT2D eigenvalue weighted by atomic mass is 9.80. The van der Waals surface area contributed by atoms with Crippen molar-refractivity contribution in [3.05, 3.63) is 71.8 Å². The Balaban J connectivity index is 1.73. The molecular formula is C20H25N. The largest absolute Gasteiger partial charge is 0.313 e. The first-order valence-corrected chi connectivity index (χ1v) is 8.18. The highest BCUT2D eigenvalue weighted by atomic mass is 14.9. The van der Waals surface area contributed by atoms with Gasteiger partial charge in [-0.3, -0.25) is 0 Å². The summed E-state index contributed by atoms with van der Waals surface area (Å²) >= 11 is 0. The van der Waals surface area contributed by atoms with Crippen LogP contribution in [0.5, 0.6) is 0 Å². The lowest BCUT2D eigenvalue weighted by molar-refractivity contribution is 0.240. The van der Waals surface area contributed by atoms with Crippen LogP contribution in [0.25, 0.3) is 0 Å². The summed E-state index contributed by atoms with van der Waals surface area (Å²) < 4.78 is 0. The summed E-state index contributed by atoms with van der Waals surface area (Å²) in [7, 11) is 0. The molecule has 21 heavy (non-hydrogen) atoms. The minimum atomic E-state index is 0.440. The summed E-state index contributed by atoms with van der Waals surface area (Å²) in [6, 6.07) is 22.4. The molecule has 0 aromatic heterocycles. The molecule has 0 saturated heterocycles. The molecule has 110 valence electrons. The van der Waals surface area contributed by atoms with Gasteiger partial charge in [0.1, 0.15) is 0 Å². The zero-order valence-corrected chi connectivity index (χ0v) is 12.8. The topological polar surface area (TPSA) is 12.0 Å². The first kappa shape index (κ1) is 14.3. The number of benzene rings is 2. The zero-order chi connectivity index (χ0) is 14.5. The Hall–Kier alpha value is -1.60. The van der Waals surface area contributed by atoms with Crippen LogP contribution >= 0.6 is 0 Å². The lowest BCUT2D eigenvalue weighted by Gasteiger charge is -2.33. The average Bonchev–Trinajstić information content (AvgIpc) is 2.48. The van der Waals surface area contributed by atoms with Gasteiger partial charge in [-0.2, -0.15) is 0 Å². The molecule has 0 radical (unpaired) electrons. The van der Waals surface area contributed by atoms with E-state index in [1.54, 1.807) is 0 Å². The van der Waals surface area contributed by atoms with Gasteiger partial charge in [0, 0.05) is 18.5 Å². The van der Waals surface area contributed by atoms with Crippen LogP contribution in [0, 0.1) is 5.92 Å². The van der Waals surface area contributed by atoms with Crippen LogP contribution < -0.4 is 5.32 Å². The van der Waals surface area contributed by atoms with E-state index in [1.807, 2.05) is 0 Å². The van der Waals surface area contributed by atoms with E-state index in [0.717, 1.165) is 12.5 Å². The third-order valence-corrected chi connectivity index (χ3v) is 4.90. The van der Waals surface area contributed by atoms with Gasteiger partial charge in [-0.25, -0.2) is 0 Å². The molecule has 1 nitrogen and oxygen atoms in total. The fraction of sp³-hybridized carbons (Fsp3) is 0.400. The first-order chi connectivity index (χ1) is 10.3. The summed E-state index contributed by atoms with van der Waals surface area (Å²) in [6.45, 7) is 3.36. The summed E-state index contributed by atoms with van der Waals surface area (Å²) in [5.74, 6) is 1.33. The van der Waals surface area contributed by atoms with Gasteiger partial charge in [0.05, 0.1) is 0 Å². The minimum Gasteiger partial charge on any atom is -0.313 e. The minimum absolute atomic E-state index is 0.440. The van der Waals surface area contributed by atoms with Crippen LogP contribution in [0.4, 0.5) is 0 Å². The smallest absolute Gasteiger partial charge is 0.0214 e. The molecule has 0 amide bonds. The summed E-state index contributed by atoms with van der Waals surface area (Å²) in [4.78, 5) is 0. The molecule has 1 saturated carbocycles. The Bertz CT molecular complexity index is 491. The Labute approximate surface area is 128 Å². The van der Waals surface area contributed by atoms with Gasteiger partial charge in [-0.05, 0) is 36.8 Å². The van der Waals surface area contributed by atoms with Crippen molar-refractivity contribution in [1.82, 2.24) is 5.32 Å². The van der Waals surface area contributed by atoms with Crippen LogP contribution in [0.2, 0.25) is 0 Å². The SMILES string of the molecule is CC(NCC(c1ccccc1)c1ccccc1)C1CCC1. The van der Waals surface area contributed by atoms with Gasteiger partial charge in [0.2, 0.25) is 0 Å². The quantitative estimate of drug-likeness (QED) is 0.815. The predicted octanol–water partition coefficient (Wildman–Crippen LogP) is 4.60. The lowest BCUT2D eigenvalue weighted by Crippen LogP contribution is -2.39. The molecule has 1 N–H and O–H groups in total. The molecule has 1 unspecified atom stereocenters. The standard InChI is InChI=1S/C20H25N/c1-16(17-13-8-14-17)21-15-20(18-9-4-2-5-10-18)19-11-6-3-7-12-19/h2-7,9-12,16-17,20-21H,8,13-15H2,1H3. The van der Waals surface area contributed by atoms with Gasteiger partial charge >= 0.3 is 0 Å². The van der Waals surface area contributed by atoms with E-state index in [-0.39, 0.29) is 0 Å². The van der Waals surface area contributed by atoms with Crippen molar-refractivity contribution >= 4 is 0 Å². The van der Waals surface area contributed by atoms with E-state index in [0.29, 0.717) is 12.0 Å². The maximum Gasteiger partial charge on any atom is 0.0214 e. The maximum atomic E-state index is 3.78. The van der Waals surface area contributed by atoms with Crippen molar-refractivity contribution in [2.75, 3.05) is 6.54 Å². The third kappa shape index (κ3) is 3.54. The summed E-state index contributed by atoms with van der Waals surface area (Å²) in [6.07, 6.45) is 4.21. The fourth-order valence-electron chi connectivity index (χ4n) is 3.21. The van der Waals surface area contributed by atoms with Gasteiger partial charge < -0.3 is 5.32 Å². The van der Waals surface area contributed by atoms with Crippen LogP contribution in [0.3, 0.4) is 0 Å². The van der Waals surface area contributed by atoms with Crippen LogP contribution in [0.15, 0.2) is 60.7 Å². The average molecular weight is 279 g/mol. The molecule has 3 rings (SSSR count). The van der Waals surface area contributed by atoms with Gasteiger partial charge in [-0.1, -0.05) is 67.1 Å². The Kier molecular flexibility index (Phi) is 4.72. The molecule has 0 spiro atoms. The zero-order valence-electron chi connectivity index (χ0n) is 12.8. The maximum absolute atomic E-state index is 3.78. The molecule has 2 aromatic carbocycles.